The predicted octanol–water partition coefficient (Wildman–Crippen LogP) is 3.50. The normalized spacial score (nSPS) is 22.6. The molecule has 1 aliphatic heterocycles. The Balaban J connectivity index is 0.00000256. The number of methoxy groups -OCH3 is 1. The van der Waals surface area contributed by atoms with E-state index in [1.54, 1.807) is 31.4 Å². The van der Waals surface area contributed by atoms with E-state index in [0.717, 1.165) is 30.0 Å². The fraction of sp³-hybridized carbons (Fsp3) is 0.391. The van der Waals surface area contributed by atoms with Gasteiger partial charge in [-0.3, -0.25) is 9.59 Å². The monoisotopic (exact) mass is 429 g/mol. The van der Waals surface area contributed by atoms with Crippen LogP contribution in [0.25, 0.3) is 0 Å². The fourth-order valence-electron chi connectivity index (χ4n) is 3.95. The van der Waals surface area contributed by atoms with Crippen molar-refractivity contribution >= 4 is 29.9 Å². The average Bonchev–Trinajstić information content (AvgIpc) is 3.50. The summed E-state index contributed by atoms with van der Waals surface area (Å²) in [5.41, 5.74) is 2.34. The van der Waals surface area contributed by atoms with E-state index < -0.39 is 0 Å². The molecular weight excluding hydrogens is 402 g/mol. The third-order valence-electron chi connectivity index (χ3n) is 5.85. The van der Waals surface area contributed by atoms with E-state index in [0.29, 0.717) is 24.6 Å². The van der Waals surface area contributed by atoms with Gasteiger partial charge in [0, 0.05) is 42.4 Å². The minimum Gasteiger partial charge on any atom is -0.496 e. The van der Waals surface area contributed by atoms with E-state index in [9.17, 15) is 9.59 Å². The molecule has 3 unspecified atom stereocenters. The first-order valence-corrected chi connectivity index (χ1v) is 10.1. The summed E-state index contributed by atoms with van der Waals surface area (Å²) in [4.78, 5) is 27.3. The van der Waals surface area contributed by atoms with Crippen molar-refractivity contribution in [3.63, 3.8) is 0 Å². The molecule has 2 aliphatic rings. The summed E-state index contributed by atoms with van der Waals surface area (Å²) in [7, 11) is 1.65. The van der Waals surface area contributed by atoms with Gasteiger partial charge in [0.15, 0.2) is 0 Å². The van der Waals surface area contributed by atoms with Crippen molar-refractivity contribution < 1.29 is 14.3 Å². The van der Waals surface area contributed by atoms with Gasteiger partial charge in [-0.15, -0.1) is 12.4 Å². The number of rotatable bonds is 5. The van der Waals surface area contributed by atoms with Crippen molar-refractivity contribution in [3.05, 3.63) is 59.7 Å². The van der Waals surface area contributed by atoms with E-state index >= 15 is 0 Å². The van der Waals surface area contributed by atoms with Gasteiger partial charge in [0.05, 0.1) is 13.2 Å². The zero-order valence-corrected chi connectivity index (χ0v) is 18.1. The SMILES string of the molecule is COc1ccccc1C1CNCCN1C(=O)c1ccc(NC(=O)C2CC2C)cc1.Cl. The Morgan fingerprint density at radius 2 is 1.83 bits per heavy atom. The number of hydrogen-bond donors (Lipinski definition) is 2. The van der Waals surface area contributed by atoms with Crippen molar-refractivity contribution in [2.24, 2.45) is 11.8 Å². The highest BCUT2D eigenvalue weighted by Gasteiger charge is 2.39. The molecule has 0 spiro atoms. The first-order valence-electron chi connectivity index (χ1n) is 10.1. The number of hydrogen-bond acceptors (Lipinski definition) is 4. The van der Waals surface area contributed by atoms with Crippen LogP contribution in [0.1, 0.15) is 35.3 Å². The smallest absolute Gasteiger partial charge is 0.254 e. The molecule has 2 N–H and O–H groups in total. The van der Waals surface area contributed by atoms with Gasteiger partial charge in [0.2, 0.25) is 5.91 Å². The molecule has 6 nitrogen and oxygen atoms in total. The predicted molar refractivity (Wildman–Crippen MR) is 119 cm³/mol. The molecule has 4 rings (SSSR count). The van der Waals surface area contributed by atoms with Crippen molar-refractivity contribution in [1.29, 1.82) is 0 Å². The van der Waals surface area contributed by atoms with Crippen LogP contribution in [0.3, 0.4) is 0 Å². The number of nitrogens with zero attached hydrogens (tertiary/aromatic N) is 1. The zero-order valence-electron chi connectivity index (χ0n) is 17.3. The Labute approximate surface area is 183 Å². The molecule has 30 heavy (non-hydrogen) atoms. The summed E-state index contributed by atoms with van der Waals surface area (Å²) in [5, 5.41) is 6.31. The Bertz CT molecular complexity index is 903. The van der Waals surface area contributed by atoms with E-state index in [1.165, 1.54) is 0 Å². The molecule has 3 atom stereocenters. The second kappa shape index (κ2) is 9.49. The number of carbonyl (C=O) groups excluding carboxylic acids is 2. The number of anilines is 1. The lowest BCUT2D eigenvalue weighted by atomic mass is 10.0. The lowest BCUT2D eigenvalue weighted by Crippen LogP contribution is -2.48. The van der Waals surface area contributed by atoms with Crippen LogP contribution >= 0.6 is 12.4 Å². The number of amides is 2. The highest BCUT2D eigenvalue weighted by molar-refractivity contribution is 5.97. The van der Waals surface area contributed by atoms with Crippen LogP contribution in [0.15, 0.2) is 48.5 Å². The molecular formula is C23H28ClN3O3. The number of ether oxygens (including phenoxy) is 1. The van der Waals surface area contributed by atoms with Gasteiger partial charge in [-0.1, -0.05) is 25.1 Å². The molecule has 1 saturated carbocycles. The summed E-state index contributed by atoms with van der Waals surface area (Å²) in [6, 6.07) is 14.9. The molecule has 7 heteroatoms. The first-order chi connectivity index (χ1) is 14.1. The molecule has 160 valence electrons. The van der Waals surface area contributed by atoms with Crippen LogP contribution < -0.4 is 15.4 Å². The van der Waals surface area contributed by atoms with Gasteiger partial charge in [0.25, 0.3) is 5.91 Å². The molecule has 1 saturated heterocycles. The van der Waals surface area contributed by atoms with E-state index in [2.05, 4.69) is 17.6 Å². The lowest BCUT2D eigenvalue weighted by Gasteiger charge is -2.37. The molecule has 2 aromatic carbocycles. The van der Waals surface area contributed by atoms with Gasteiger partial charge in [-0.05, 0) is 42.7 Å². The minimum atomic E-state index is -0.0943. The molecule has 2 aromatic rings. The zero-order chi connectivity index (χ0) is 20.4. The summed E-state index contributed by atoms with van der Waals surface area (Å²) in [6.07, 6.45) is 0.954. The molecule has 2 amide bonds. The van der Waals surface area contributed by atoms with E-state index in [4.69, 9.17) is 4.74 Å². The Morgan fingerprint density at radius 1 is 1.13 bits per heavy atom. The van der Waals surface area contributed by atoms with Crippen molar-refractivity contribution in [2.75, 3.05) is 32.1 Å². The first kappa shape index (κ1) is 22.1. The number of carbonyl (C=O) groups is 2. The Morgan fingerprint density at radius 3 is 2.50 bits per heavy atom. The van der Waals surface area contributed by atoms with Gasteiger partial charge in [-0.25, -0.2) is 0 Å². The topological polar surface area (TPSA) is 70.7 Å². The van der Waals surface area contributed by atoms with Gasteiger partial charge in [-0.2, -0.15) is 0 Å². The Kier molecular flexibility index (Phi) is 7.00. The molecule has 1 heterocycles. The van der Waals surface area contributed by atoms with Gasteiger partial charge >= 0.3 is 0 Å². The molecule has 2 fully saturated rings. The third kappa shape index (κ3) is 4.60. The Hall–Kier alpha value is -2.57. The van der Waals surface area contributed by atoms with Crippen LogP contribution in [0.2, 0.25) is 0 Å². The molecule has 0 aromatic heterocycles. The minimum absolute atomic E-state index is 0. The summed E-state index contributed by atoms with van der Waals surface area (Å²) < 4.78 is 5.51. The molecule has 0 bridgehead atoms. The molecule has 1 aliphatic carbocycles. The summed E-state index contributed by atoms with van der Waals surface area (Å²) in [5.74, 6) is 1.42. The number of benzene rings is 2. The van der Waals surface area contributed by atoms with Crippen molar-refractivity contribution in [1.82, 2.24) is 10.2 Å². The largest absolute Gasteiger partial charge is 0.496 e. The standard InChI is InChI=1S/C23H27N3O3.ClH/c1-15-13-19(15)22(27)25-17-9-7-16(8-10-17)23(28)26-12-11-24-14-20(26)18-5-3-4-6-21(18)29-2;/h3-10,15,19-20,24H,11-14H2,1-2H3,(H,25,27);1H. The second-order valence-corrected chi connectivity index (χ2v) is 7.85. The van der Waals surface area contributed by atoms with Crippen molar-refractivity contribution in [2.45, 2.75) is 19.4 Å². The lowest BCUT2D eigenvalue weighted by molar-refractivity contribution is -0.117. The molecule has 0 radical (unpaired) electrons. The number of halogens is 1. The average molecular weight is 430 g/mol. The van der Waals surface area contributed by atoms with Crippen LogP contribution in [-0.2, 0) is 4.79 Å². The number of piperazine rings is 1. The highest BCUT2D eigenvalue weighted by atomic mass is 35.5. The maximum atomic E-state index is 13.2. The summed E-state index contributed by atoms with van der Waals surface area (Å²) in [6.45, 7) is 4.14. The van der Waals surface area contributed by atoms with E-state index in [-0.39, 0.29) is 36.2 Å². The third-order valence-corrected chi connectivity index (χ3v) is 5.85. The van der Waals surface area contributed by atoms with Gasteiger partial charge in [0.1, 0.15) is 5.75 Å². The van der Waals surface area contributed by atoms with Crippen LogP contribution in [0.4, 0.5) is 5.69 Å². The second-order valence-electron chi connectivity index (χ2n) is 7.85. The maximum absolute atomic E-state index is 13.2. The van der Waals surface area contributed by atoms with E-state index in [1.807, 2.05) is 29.2 Å². The van der Waals surface area contributed by atoms with Crippen LogP contribution in [-0.4, -0.2) is 43.5 Å². The van der Waals surface area contributed by atoms with Gasteiger partial charge < -0.3 is 20.3 Å². The summed E-state index contributed by atoms with van der Waals surface area (Å²) >= 11 is 0. The van der Waals surface area contributed by atoms with Crippen LogP contribution in [0, 0.1) is 11.8 Å². The van der Waals surface area contributed by atoms with Crippen molar-refractivity contribution in [3.8, 4) is 5.75 Å². The fourth-order valence-corrected chi connectivity index (χ4v) is 3.95. The number of para-hydroxylation sites is 1. The highest BCUT2D eigenvalue weighted by Crippen LogP contribution is 2.38. The maximum Gasteiger partial charge on any atom is 0.254 e. The quantitative estimate of drug-likeness (QED) is 0.763. The van der Waals surface area contributed by atoms with Crippen LogP contribution in [0.5, 0.6) is 5.75 Å². The number of nitrogens with one attached hydrogen (secondary N) is 2.